The van der Waals surface area contributed by atoms with Gasteiger partial charge < -0.3 is 9.40 Å². The van der Waals surface area contributed by atoms with Crippen molar-refractivity contribution in [1.82, 2.24) is 24.7 Å². The van der Waals surface area contributed by atoms with E-state index in [1.165, 1.54) is 18.0 Å². The molecule has 0 radical (unpaired) electrons. The highest BCUT2D eigenvalue weighted by atomic mass is 32.2. The number of para-hydroxylation sites is 1. The largest absolute Gasteiger partial charge is 0.440 e. The number of thioether (sulfide) groups is 1. The molecule has 0 spiro atoms. The Balaban J connectivity index is 1.41. The molecule has 5 rings (SSSR count). The van der Waals surface area contributed by atoms with E-state index in [0.29, 0.717) is 33.6 Å². The van der Waals surface area contributed by atoms with Crippen LogP contribution >= 0.6 is 11.8 Å². The van der Waals surface area contributed by atoms with E-state index in [9.17, 15) is 4.79 Å². The van der Waals surface area contributed by atoms with E-state index in [1.807, 2.05) is 60.7 Å². The monoisotopic (exact) mass is 401 g/mol. The minimum absolute atomic E-state index is 0.225. The summed E-state index contributed by atoms with van der Waals surface area (Å²) in [6.07, 6.45) is 3.23. The fourth-order valence-electron chi connectivity index (χ4n) is 2.97. The summed E-state index contributed by atoms with van der Waals surface area (Å²) in [6, 6.07) is 19.4. The van der Waals surface area contributed by atoms with E-state index in [1.54, 1.807) is 10.9 Å². The van der Waals surface area contributed by atoms with Gasteiger partial charge >= 0.3 is 0 Å². The first kappa shape index (κ1) is 17.4. The number of aromatic nitrogens is 5. The quantitative estimate of drug-likeness (QED) is 0.353. The van der Waals surface area contributed by atoms with Crippen LogP contribution in [0, 0.1) is 0 Å². The molecule has 0 unspecified atom stereocenters. The fraction of sp³-hybridized carbons (Fsp3) is 0.0476. The third-order valence-electron chi connectivity index (χ3n) is 4.36. The number of hydrogen-bond donors (Lipinski definition) is 1. The summed E-state index contributed by atoms with van der Waals surface area (Å²) in [5, 5.41) is 5.25. The van der Waals surface area contributed by atoms with Crippen LogP contribution < -0.4 is 5.56 Å². The number of oxazole rings is 1. The lowest BCUT2D eigenvalue weighted by atomic mass is 10.2. The van der Waals surface area contributed by atoms with Crippen molar-refractivity contribution in [2.75, 3.05) is 0 Å². The van der Waals surface area contributed by atoms with Crippen LogP contribution in [0.2, 0.25) is 0 Å². The highest BCUT2D eigenvalue weighted by molar-refractivity contribution is 7.98. The van der Waals surface area contributed by atoms with Crippen molar-refractivity contribution in [1.29, 1.82) is 0 Å². The molecule has 0 atom stereocenters. The molecule has 3 heterocycles. The van der Waals surface area contributed by atoms with Gasteiger partial charge in [-0.15, -0.1) is 0 Å². The van der Waals surface area contributed by atoms with E-state index in [0.717, 1.165) is 11.3 Å². The van der Waals surface area contributed by atoms with Gasteiger partial charge in [0.25, 0.3) is 5.56 Å². The van der Waals surface area contributed by atoms with Crippen LogP contribution in [0.25, 0.3) is 28.0 Å². The van der Waals surface area contributed by atoms with Gasteiger partial charge in [0.2, 0.25) is 5.89 Å². The first-order chi connectivity index (χ1) is 14.3. The number of benzene rings is 2. The highest BCUT2D eigenvalue weighted by Crippen LogP contribution is 2.24. The molecule has 8 heteroatoms. The molecule has 1 N–H and O–H groups in total. The molecule has 0 fully saturated rings. The summed E-state index contributed by atoms with van der Waals surface area (Å²) in [4.78, 5) is 24.2. The van der Waals surface area contributed by atoms with Gasteiger partial charge in [-0.1, -0.05) is 60.3 Å². The Kier molecular flexibility index (Phi) is 4.45. The van der Waals surface area contributed by atoms with Crippen molar-refractivity contribution in [3.05, 3.63) is 89.3 Å². The van der Waals surface area contributed by atoms with Gasteiger partial charge in [0.05, 0.1) is 23.8 Å². The number of fused-ring (bicyclic) bond motifs is 1. The summed E-state index contributed by atoms with van der Waals surface area (Å²) in [5.41, 5.74) is 2.10. The summed E-state index contributed by atoms with van der Waals surface area (Å²) in [5.74, 6) is 1.72. The molecule has 142 valence electrons. The van der Waals surface area contributed by atoms with Gasteiger partial charge in [0.1, 0.15) is 5.39 Å². The number of nitrogens with one attached hydrogen (secondary N) is 1. The average molecular weight is 401 g/mol. The zero-order valence-corrected chi connectivity index (χ0v) is 16.0. The Bertz CT molecular complexity index is 1330. The molecule has 0 aliphatic carbocycles. The third-order valence-corrected chi connectivity index (χ3v) is 5.22. The summed E-state index contributed by atoms with van der Waals surface area (Å²) in [6.45, 7) is 0. The Hall–Kier alpha value is -3.65. The van der Waals surface area contributed by atoms with Gasteiger partial charge in [-0.3, -0.25) is 4.79 Å². The molecule has 5 aromatic rings. The first-order valence-electron chi connectivity index (χ1n) is 8.94. The van der Waals surface area contributed by atoms with Crippen molar-refractivity contribution in [3.8, 4) is 17.0 Å². The Morgan fingerprint density at radius 2 is 1.76 bits per heavy atom. The number of nitrogens with zero attached hydrogens (tertiary/aromatic N) is 4. The minimum atomic E-state index is -0.225. The van der Waals surface area contributed by atoms with Crippen LogP contribution in [0.15, 0.2) is 87.4 Å². The van der Waals surface area contributed by atoms with Crippen molar-refractivity contribution in [3.63, 3.8) is 0 Å². The van der Waals surface area contributed by atoms with Gasteiger partial charge in [0.15, 0.2) is 16.6 Å². The molecule has 7 nitrogen and oxygen atoms in total. The topological polar surface area (TPSA) is 89.6 Å². The maximum absolute atomic E-state index is 12.4. The molecule has 29 heavy (non-hydrogen) atoms. The molecule has 3 aromatic heterocycles. The summed E-state index contributed by atoms with van der Waals surface area (Å²) >= 11 is 1.35. The maximum atomic E-state index is 12.4. The van der Waals surface area contributed by atoms with Crippen LogP contribution in [0.3, 0.4) is 0 Å². The Morgan fingerprint density at radius 3 is 2.55 bits per heavy atom. The number of H-pyrrole nitrogens is 1. The van der Waals surface area contributed by atoms with Crippen LogP contribution in [0.4, 0.5) is 0 Å². The fourth-order valence-corrected chi connectivity index (χ4v) is 3.68. The van der Waals surface area contributed by atoms with E-state index >= 15 is 0 Å². The van der Waals surface area contributed by atoms with Crippen molar-refractivity contribution < 1.29 is 4.42 Å². The number of rotatable bonds is 5. The molecule has 0 bridgehead atoms. The second-order valence-electron chi connectivity index (χ2n) is 6.27. The normalized spacial score (nSPS) is 11.2. The second kappa shape index (κ2) is 7.40. The molecule has 0 aliphatic heterocycles. The van der Waals surface area contributed by atoms with Gasteiger partial charge in [-0.2, -0.15) is 5.10 Å². The van der Waals surface area contributed by atoms with Gasteiger partial charge in [0, 0.05) is 5.56 Å². The minimum Gasteiger partial charge on any atom is -0.440 e. The average Bonchev–Trinajstić information content (AvgIpc) is 3.41. The third kappa shape index (κ3) is 3.45. The molecular formula is C21H15N5O2S. The first-order valence-corrected chi connectivity index (χ1v) is 9.93. The molecule has 0 saturated carbocycles. The molecular weight excluding hydrogens is 386 g/mol. The molecule has 0 aliphatic rings. The van der Waals surface area contributed by atoms with Crippen LogP contribution in [-0.4, -0.2) is 24.7 Å². The Labute approximate surface area is 169 Å². The van der Waals surface area contributed by atoms with E-state index in [2.05, 4.69) is 20.1 Å². The Morgan fingerprint density at radius 1 is 1.00 bits per heavy atom. The lowest BCUT2D eigenvalue weighted by molar-refractivity contribution is 0.530. The van der Waals surface area contributed by atoms with Crippen molar-refractivity contribution >= 4 is 22.8 Å². The highest BCUT2D eigenvalue weighted by Gasteiger charge is 2.13. The van der Waals surface area contributed by atoms with E-state index in [-0.39, 0.29) is 5.56 Å². The summed E-state index contributed by atoms with van der Waals surface area (Å²) in [7, 11) is 0. The molecule has 2 aromatic carbocycles. The standard InChI is InChI=1S/C21H15N5O2S/c27-20-16-11-23-26(15-9-5-2-6-10-15)19(16)24-21(25-20)29-13-18-22-12-17(28-18)14-7-3-1-4-8-14/h1-12H,13H2,(H,24,25,27). The smallest absolute Gasteiger partial charge is 0.262 e. The van der Waals surface area contributed by atoms with E-state index < -0.39 is 0 Å². The van der Waals surface area contributed by atoms with E-state index in [4.69, 9.17) is 4.42 Å². The molecule has 0 saturated heterocycles. The predicted octanol–water partition coefficient (Wildman–Crippen LogP) is 4.06. The maximum Gasteiger partial charge on any atom is 0.262 e. The zero-order valence-electron chi connectivity index (χ0n) is 15.1. The lowest BCUT2D eigenvalue weighted by Crippen LogP contribution is -2.09. The lowest BCUT2D eigenvalue weighted by Gasteiger charge is -2.03. The number of hydrogen-bond acceptors (Lipinski definition) is 6. The van der Waals surface area contributed by atoms with Gasteiger partial charge in [-0.05, 0) is 12.1 Å². The van der Waals surface area contributed by atoms with Crippen molar-refractivity contribution in [2.45, 2.75) is 10.9 Å². The molecule has 0 amide bonds. The second-order valence-corrected chi connectivity index (χ2v) is 7.24. The van der Waals surface area contributed by atoms with Crippen LogP contribution in [0.1, 0.15) is 5.89 Å². The zero-order chi connectivity index (χ0) is 19.6. The SMILES string of the molecule is O=c1[nH]c(SCc2ncc(-c3ccccc3)o2)nc2c1cnn2-c1ccccc1. The van der Waals surface area contributed by atoms with Gasteiger partial charge in [-0.25, -0.2) is 14.6 Å². The van der Waals surface area contributed by atoms with Crippen LogP contribution in [0.5, 0.6) is 0 Å². The number of aromatic amines is 1. The van der Waals surface area contributed by atoms with Crippen LogP contribution in [-0.2, 0) is 5.75 Å². The summed E-state index contributed by atoms with van der Waals surface area (Å²) < 4.78 is 7.48. The van der Waals surface area contributed by atoms with Crippen molar-refractivity contribution in [2.24, 2.45) is 0 Å². The predicted molar refractivity (Wildman–Crippen MR) is 111 cm³/mol.